The summed E-state index contributed by atoms with van der Waals surface area (Å²) in [5.41, 5.74) is 6.55. The van der Waals surface area contributed by atoms with Crippen molar-refractivity contribution in [2.24, 2.45) is 0 Å². The number of ether oxygens (including phenoxy) is 2. The minimum atomic E-state index is 0.137. The Bertz CT molecular complexity index is 376. The zero-order valence-electron chi connectivity index (χ0n) is 11.0. The highest BCUT2D eigenvalue weighted by Gasteiger charge is 2.18. The molecule has 2 N–H and O–H groups in total. The molecule has 1 atom stereocenters. The van der Waals surface area contributed by atoms with Crippen LogP contribution < -0.4 is 10.6 Å². The second kappa shape index (κ2) is 7.41. The van der Waals surface area contributed by atoms with E-state index >= 15 is 0 Å². The normalized spacial score (nSPS) is 12.4. The molecule has 0 aliphatic heterocycles. The second-order valence-corrected chi connectivity index (χ2v) is 4.42. The number of rotatable bonds is 7. The summed E-state index contributed by atoms with van der Waals surface area (Å²) < 4.78 is 10.3. The van der Waals surface area contributed by atoms with Crippen LogP contribution in [0.3, 0.4) is 0 Å². The van der Waals surface area contributed by atoms with Gasteiger partial charge >= 0.3 is 0 Å². The van der Waals surface area contributed by atoms with Gasteiger partial charge in [0.1, 0.15) is 5.15 Å². The molecule has 0 aliphatic carbocycles. The van der Waals surface area contributed by atoms with Gasteiger partial charge in [0, 0.05) is 20.8 Å². The predicted octanol–water partition coefficient (Wildman–Crippen LogP) is 1.80. The molecule has 0 fully saturated rings. The van der Waals surface area contributed by atoms with E-state index in [-0.39, 0.29) is 6.04 Å². The second-order valence-electron chi connectivity index (χ2n) is 4.04. The van der Waals surface area contributed by atoms with Crippen LogP contribution in [0.5, 0.6) is 0 Å². The molecule has 1 unspecified atom stereocenters. The number of pyridine rings is 1. The molecule has 1 heterocycles. The highest BCUT2D eigenvalue weighted by Crippen LogP contribution is 2.24. The quantitative estimate of drug-likeness (QED) is 0.768. The average Bonchev–Trinajstić information content (AvgIpc) is 2.34. The van der Waals surface area contributed by atoms with Crippen molar-refractivity contribution < 1.29 is 9.47 Å². The van der Waals surface area contributed by atoms with E-state index in [2.05, 4.69) is 4.98 Å². The number of anilines is 2. The maximum absolute atomic E-state index is 5.95. The van der Waals surface area contributed by atoms with Crippen LogP contribution in [0.2, 0.25) is 5.15 Å². The monoisotopic (exact) mass is 273 g/mol. The molecule has 1 aromatic rings. The Balaban J connectivity index is 2.96. The van der Waals surface area contributed by atoms with Crippen molar-refractivity contribution in [2.75, 3.05) is 44.6 Å². The van der Waals surface area contributed by atoms with Gasteiger partial charge < -0.3 is 20.1 Å². The van der Waals surface area contributed by atoms with Crippen molar-refractivity contribution in [3.05, 3.63) is 17.3 Å². The lowest BCUT2D eigenvalue weighted by Crippen LogP contribution is -2.39. The van der Waals surface area contributed by atoms with Gasteiger partial charge in [0.05, 0.1) is 24.9 Å². The van der Waals surface area contributed by atoms with Gasteiger partial charge in [-0.25, -0.2) is 4.98 Å². The summed E-state index contributed by atoms with van der Waals surface area (Å²) in [5.74, 6) is 0.670. The van der Waals surface area contributed by atoms with Crippen LogP contribution in [0, 0.1) is 0 Å². The van der Waals surface area contributed by atoms with Gasteiger partial charge in [0.25, 0.3) is 0 Å². The minimum absolute atomic E-state index is 0.137. The van der Waals surface area contributed by atoms with Gasteiger partial charge in [-0.05, 0) is 19.1 Å². The van der Waals surface area contributed by atoms with Gasteiger partial charge in [-0.2, -0.15) is 0 Å². The van der Waals surface area contributed by atoms with Gasteiger partial charge in [0.2, 0.25) is 0 Å². The van der Waals surface area contributed by atoms with Crippen LogP contribution >= 0.6 is 11.6 Å². The molecular formula is C12H20ClN3O2. The maximum Gasteiger partial charge on any atom is 0.153 e. The molecule has 0 saturated carbocycles. The summed E-state index contributed by atoms with van der Waals surface area (Å²) in [6, 6.07) is 3.57. The molecule has 102 valence electrons. The number of hydrogen-bond acceptors (Lipinski definition) is 5. The van der Waals surface area contributed by atoms with Gasteiger partial charge in [-0.1, -0.05) is 11.6 Å². The third kappa shape index (κ3) is 4.01. The molecule has 0 saturated heterocycles. The lowest BCUT2D eigenvalue weighted by atomic mass is 10.2. The van der Waals surface area contributed by atoms with Crippen molar-refractivity contribution in [3.63, 3.8) is 0 Å². The summed E-state index contributed by atoms with van der Waals surface area (Å²) in [6.07, 6.45) is 0. The lowest BCUT2D eigenvalue weighted by Gasteiger charge is -2.30. The Morgan fingerprint density at radius 1 is 1.39 bits per heavy atom. The Morgan fingerprint density at radius 2 is 2.11 bits per heavy atom. The smallest absolute Gasteiger partial charge is 0.153 e. The SMILES string of the molecule is COCCN(c1nc(Cl)ccc1N)C(C)COC. The largest absolute Gasteiger partial charge is 0.396 e. The number of hydrogen-bond donors (Lipinski definition) is 1. The fourth-order valence-corrected chi connectivity index (χ4v) is 1.87. The van der Waals surface area contributed by atoms with Crippen molar-refractivity contribution in [2.45, 2.75) is 13.0 Å². The fraction of sp³-hybridized carbons (Fsp3) is 0.583. The first-order chi connectivity index (χ1) is 8.60. The Hall–Kier alpha value is -1.04. The zero-order valence-corrected chi connectivity index (χ0v) is 11.8. The van der Waals surface area contributed by atoms with Crippen molar-refractivity contribution in [1.29, 1.82) is 0 Å². The third-order valence-corrected chi connectivity index (χ3v) is 2.83. The van der Waals surface area contributed by atoms with Crippen molar-refractivity contribution >= 4 is 23.1 Å². The van der Waals surface area contributed by atoms with Crippen LogP contribution in [0.15, 0.2) is 12.1 Å². The topological polar surface area (TPSA) is 60.6 Å². The zero-order chi connectivity index (χ0) is 13.5. The molecule has 1 rings (SSSR count). The molecule has 0 spiro atoms. The first-order valence-corrected chi connectivity index (χ1v) is 6.14. The van der Waals surface area contributed by atoms with E-state index in [0.29, 0.717) is 36.4 Å². The highest BCUT2D eigenvalue weighted by atomic mass is 35.5. The summed E-state index contributed by atoms with van der Waals surface area (Å²) in [4.78, 5) is 6.32. The Morgan fingerprint density at radius 3 is 2.72 bits per heavy atom. The molecule has 0 radical (unpaired) electrons. The first kappa shape index (κ1) is 15.0. The molecule has 0 aliphatic rings. The first-order valence-electron chi connectivity index (χ1n) is 5.76. The number of nitrogens with zero attached hydrogens (tertiary/aromatic N) is 2. The molecule has 1 aromatic heterocycles. The molecule has 5 nitrogen and oxygen atoms in total. The number of nitrogens with two attached hydrogens (primary N) is 1. The van der Waals surface area contributed by atoms with Crippen LogP contribution in [-0.4, -0.2) is 45.0 Å². The standard InChI is InChI=1S/C12H20ClN3O2/c1-9(8-18-3)16(6-7-17-2)12-10(14)4-5-11(13)15-12/h4-5,9H,6-8,14H2,1-3H3. The molecule has 6 heteroatoms. The van der Waals surface area contributed by atoms with Crippen LogP contribution in [0.4, 0.5) is 11.5 Å². The van der Waals surface area contributed by atoms with E-state index in [0.717, 1.165) is 0 Å². The highest BCUT2D eigenvalue weighted by molar-refractivity contribution is 6.29. The Labute approximate surface area is 113 Å². The summed E-state index contributed by atoms with van der Waals surface area (Å²) in [5, 5.41) is 0.422. The maximum atomic E-state index is 5.95. The number of halogens is 1. The van der Waals surface area contributed by atoms with E-state index in [9.17, 15) is 0 Å². The van der Waals surface area contributed by atoms with Crippen LogP contribution in [0.25, 0.3) is 0 Å². The van der Waals surface area contributed by atoms with Gasteiger partial charge in [-0.3, -0.25) is 0 Å². The number of methoxy groups -OCH3 is 2. The average molecular weight is 274 g/mol. The molecule has 0 amide bonds. The van der Waals surface area contributed by atoms with E-state index in [1.165, 1.54) is 0 Å². The van der Waals surface area contributed by atoms with E-state index in [1.54, 1.807) is 26.4 Å². The summed E-state index contributed by atoms with van der Waals surface area (Å²) >= 11 is 5.92. The molecular weight excluding hydrogens is 254 g/mol. The van der Waals surface area contributed by atoms with Gasteiger partial charge in [-0.15, -0.1) is 0 Å². The van der Waals surface area contributed by atoms with E-state index in [1.807, 2.05) is 11.8 Å². The molecule has 0 bridgehead atoms. The van der Waals surface area contributed by atoms with Gasteiger partial charge in [0.15, 0.2) is 5.82 Å². The van der Waals surface area contributed by atoms with Crippen LogP contribution in [0.1, 0.15) is 6.92 Å². The Kier molecular flexibility index (Phi) is 6.18. The molecule has 0 aromatic carbocycles. The third-order valence-electron chi connectivity index (χ3n) is 2.62. The lowest BCUT2D eigenvalue weighted by molar-refractivity contribution is 0.170. The number of aromatic nitrogens is 1. The predicted molar refractivity (Wildman–Crippen MR) is 74.2 cm³/mol. The van der Waals surface area contributed by atoms with E-state index in [4.69, 9.17) is 26.8 Å². The fourth-order valence-electron chi connectivity index (χ4n) is 1.72. The van der Waals surface area contributed by atoms with E-state index < -0.39 is 0 Å². The minimum Gasteiger partial charge on any atom is -0.396 e. The van der Waals surface area contributed by atoms with Crippen LogP contribution in [-0.2, 0) is 9.47 Å². The number of nitrogen functional groups attached to an aromatic ring is 1. The van der Waals surface area contributed by atoms with Crippen molar-refractivity contribution in [1.82, 2.24) is 4.98 Å². The summed E-state index contributed by atoms with van der Waals surface area (Å²) in [6.45, 7) is 3.89. The van der Waals surface area contributed by atoms with Crippen molar-refractivity contribution in [3.8, 4) is 0 Å². The molecule has 18 heavy (non-hydrogen) atoms. The summed E-state index contributed by atoms with van der Waals surface area (Å²) in [7, 11) is 3.33.